The second kappa shape index (κ2) is 3.25. The van der Waals surface area contributed by atoms with Gasteiger partial charge in [-0.15, -0.1) is 0 Å². The molecule has 2 nitrogen and oxygen atoms in total. The third-order valence-electron chi connectivity index (χ3n) is 3.58. The molecule has 13 heavy (non-hydrogen) atoms. The zero-order chi connectivity index (χ0) is 9.47. The first-order valence-corrected chi connectivity index (χ1v) is 5.55. The van der Waals surface area contributed by atoms with Crippen LogP contribution >= 0.6 is 0 Å². The molecule has 0 radical (unpaired) electrons. The van der Waals surface area contributed by atoms with Crippen LogP contribution in [0.2, 0.25) is 0 Å². The van der Waals surface area contributed by atoms with Crippen molar-refractivity contribution in [3.05, 3.63) is 0 Å². The number of hydrogen-bond acceptors (Lipinski definition) is 2. The van der Waals surface area contributed by atoms with Crippen LogP contribution in [0.25, 0.3) is 0 Å². The molecule has 0 saturated carbocycles. The summed E-state index contributed by atoms with van der Waals surface area (Å²) in [5, 5.41) is 9.67. The zero-order valence-corrected chi connectivity index (χ0v) is 8.79. The van der Waals surface area contributed by atoms with Gasteiger partial charge in [0.15, 0.2) is 0 Å². The van der Waals surface area contributed by atoms with E-state index in [4.69, 9.17) is 0 Å². The Bertz CT molecular complexity index is 193. The van der Waals surface area contributed by atoms with Gasteiger partial charge in [-0.05, 0) is 38.1 Å². The lowest BCUT2D eigenvalue weighted by Crippen LogP contribution is -2.39. The zero-order valence-electron chi connectivity index (χ0n) is 8.79. The minimum atomic E-state index is -0.0564. The van der Waals surface area contributed by atoms with Crippen molar-refractivity contribution in [2.75, 3.05) is 13.1 Å². The van der Waals surface area contributed by atoms with Crippen LogP contribution in [-0.4, -0.2) is 34.7 Å². The quantitative estimate of drug-likeness (QED) is 0.703. The van der Waals surface area contributed by atoms with Crippen molar-refractivity contribution >= 4 is 0 Å². The van der Waals surface area contributed by atoms with E-state index in [1.807, 2.05) is 0 Å². The number of rotatable bonds is 2. The van der Waals surface area contributed by atoms with Crippen molar-refractivity contribution in [3.8, 4) is 0 Å². The molecule has 2 heteroatoms. The van der Waals surface area contributed by atoms with E-state index in [9.17, 15) is 5.11 Å². The number of aliphatic hydroxyl groups is 1. The van der Waals surface area contributed by atoms with E-state index < -0.39 is 0 Å². The van der Waals surface area contributed by atoms with Gasteiger partial charge >= 0.3 is 0 Å². The molecule has 0 bridgehead atoms. The second-order valence-electron chi connectivity index (χ2n) is 5.23. The van der Waals surface area contributed by atoms with E-state index in [-0.39, 0.29) is 6.10 Å². The first kappa shape index (κ1) is 9.47. The van der Waals surface area contributed by atoms with Gasteiger partial charge in [-0.2, -0.15) is 0 Å². The smallest absolute Gasteiger partial charge is 0.0685 e. The van der Waals surface area contributed by atoms with Crippen molar-refractivity contribution in [2.45, 2.75) is 51.2 Å². The minimum Gasteiger partial charge on any atom is -0.392 e. The lowest BCUT2D eigenvalue weighted by Gasteiger charge is -2.33. The van der Waals surface area contributed by atoms with E-state index in [2.05, 4.69) is 18.7 Å². The van der Waals surface area contributed by atoms with Gasteiger partial charge in [0, 0.05) is 12.1 Å². The molecule has 0 aromatic heterocycles. The van der Waals surface area contributed by atoms with Crippen LogP contribution < -0.4 is 0 Å². The number of fused-ring (bicyclic) bond motifs is 1. The highest BCUT2D eigenvalue weighted by molar-refractivity contribution is 5.03. The van der Waals surface area contributed by atoms with Gasteiger partial charge in [-0.25, -0.2) is 0 Å². The van der Waals surface area contributed by atoms with Crippen molar-refractivity contribution < 1.29 is 5.11 Å². The molecule has 0 amide bonds. The summed E-state index contributed by atoms with van der Waals surface area (Å²) in [4.78, 5) is 2.53. The third-order valence-corrected chi connectivity index (χ3v) is 3.58. The second-order valence-corrected chi connectivity index (χ2v) is 5.23. The van der Waals surface area contributed by atoms with Crippen LogP contribution in [-0.2, 0) is 0 Å². The summed E-state index contributed by atoms with van der Waals surface area (Å²) in [6.07, 6.45) is 4.87. The summed E-state index contributed by atoms with van der Waals surface area (Å²) in [6, 6.07) is 0. The molecule has 0 aromatic carbocycles. The van der Waals surface area contributed by atoms with Crippen LogP contribution in [0.4, 0.5) is 0 Å². The molecule has 0 aromatic rings. The Kier molecular flexibility index (Phi) is 2.37. The highest BCUT2D eigenvalue weighted by Gasteiger charge is 2.47. The lowest BCUT2D eigenvalue weighted by atomic mass is 9.85. The van der Waals surface area contributed by atoms with Crippen LogP contribution in [0.3, 0.4) is 0 Å². The van der Waals surface area contributed by atoms with Crippen molar-refractivity contribution in [1.29, 1.82) is 0 Å². The number of nitrogens with zero attached hydrogens (tertiary/aromatic N) is 1. The number of aliphatic hydroxyl groups excluding tert-OH is 1. The molecule has 2 rings (SSSR count). The topological polar surface area (TPSA) is 23.5 Å². The standard InChI is InChI=1S/C11H21NO/c1-9(2)6-11-4-3-5-12(11)8-10(13)7-11/h9-10,13H,3-8H2,1-2H3/t10-,11-/m1/s1. The first-order valence-electron chi connectivity index (χ1n) is 5.55. The van der Waals surface area contributed by atoms with Gasteiger partial charge in [0.05, 0.1) is 6.10 Å². The largest absolute Gasteiger partial charge is 0.392 e. The Morgan fingerprint density at radius 3 is 3.00 bits per heavy atom. The molecule has 2 aliphatic rings. The Labute approximate surface area is 80.9 Å². The highest BCUT2D eigenvalue weighted by Crippen LogP contribution is 2.42. The summed E-state index contributed by atoms with van der Waals surface area (Å²) in [5.41, 5.74) is 0.383. The third kappa shape index (κ3) is 1.62. The summed E-state index contributed by atoms with van der Waals surface area (Å²) in [6.45, 7) is 6.71. The molecule has 0 aliphatic carbocycles. The molecule has 2 heterocycles. The lowest BCUT2D eigenvalue weighted by molar-refractivity contribution is 0.163. The van der Waals surface area contributed by atoms with Crippen LogP contribution in [0.15, 0.2) is 0 Å². The molecule has 2 fully saturated rings. The maximum Gasteiger partial charge on any atom is 0.0685 e. The molecule has 1 N–H and O–H groups in total. The van der Waals surface area contributed by atoms with E-state index in [1.54, 1.807) is 0 Å². The Hall–Kier alpha value is -0.0800. The minimum absolute atomic E-state index is 0.0564. The average molecular weight is 183 g/mol. The van der Waals surface area contributed by atoms with Crippen LogP contribution in [0.5, 0.6) is 0 Å². The fraction of sp³-hybridized carbons (Fsp3) is 1.00. The molecule has 2 aliphatic heterocycles. The van der Waals surface area contributed by atoms with Gasteiger partial charge in [-0.1, -0.05) is 13.8 Å². The molecule has 2 saturated heterocycles. The predicted octanol–water partition coefficient (Wildman–Crippen LogP) is 1.63. The van der Waals surface area contributed by atoms with Gasteiger partial charge < -0.3 is 5.11 Å². The van der Waals surface area contributed by atoms with Crippen molar-refractivity contribution in [3.63, 3.8) is 0 Å². The Morgan fingerprint density at radius 2 is 2.31 bits per heavy atom. The molecule has 2 atom stereocenters. The first-order chi connectivity index (χ1) is 6.12. The average Bonchev–Trinajstić information content (AvgIpc) is 2.40. The van der Waals surface area contributed by atoms with Crippen LogP contribution in [0.1, 0.15) is 39.5 Å². The summed E-state index contributed by atoms with van der Waals surface area (Å²) in [7, 11) is 0. The number of hydrogen-bond donors (Lipinski definition) is 1. The van der Waals surface area contributed by atoms with Crippen molar-refractivity contribution in [1.82, 2.24) is 4.90 Å². The van der Waals surface area contributed by atoms with E-state index in [1.165, 1.54) is 25.8 Å². The van der Waals surface area contributed by atoms with Crippen molar-refractivity contribution in [2.24, 2.45) is 5.92 Å². The molecule has 76 valence electrons. The maximum atomic E-state index is 9.67. The van der Waals surface area contributed by atoms with E-state index in [0.717, 1.165) is 18.9 Å². The summed E-state index contributed by atoms with van der Waals surface area (Å²) >= 11 is 0. The molecule has 0 unspecified atom stereocenters. The van der Waals surface area contributed by atoms with Gasteiger partial charge in [0.2, 0.25) is 0 Å². The highest BCUT2D eigenvalue weighted by atomic mass is 16.3. The van der Waals surface area contributed by atoms with Crippen LogP contribution in [0, 0.1) is 5.92 Å². The fourth-order valence-electron chi connectivity index (χ4n) is 3.34. The van der Waals surface area contributed by atoms with E-state index >= 15 is 0 Å². The predicted molar refractivity (Wildman–Crippen MR) is 53.6 cm³/mol. The van der Waals surface area contributed by atoms with Gasteiger partial charge in [0.1, 0.15) is 0 Å². The number of β-amino-alcohol motifs (C(OH)–C–C–N with tert-alkyl or cyclic N) is 1. The Balaban J connectivity index is 2.09. The molecular weight excluding hydrogens is 162 g/mol. The monoisotopic (exact) mass is 183 g/mol. The van der Waals surface area contributed by atoms with E-state index in [0.29, 0.717) is 5.54 Å². The summed E-state index contributed by atoms with van der Waals surface area (Å²) < 4.78 is 0. The molecular formula is C11H21NO. The SMILES string of the molecule is CC(C)C[C@@]12CCCN1C[C@H](O)C2. The van der Waals surface area contributed by atoms with Gasteiger partial charge in [-0.3, -0.25) is 4.90 Å². The maximum absolute atomic E-state index is 9.67. The summed E-state index contributed by atoms with van der Waals surface area (Å²) in [5.74, 6) is 0.755. The normalized spacial score (nSPS) is 40.2. The fourth-order valence-corrected chi connectivity index (χ4v) is 3.34. The molecule has 0 spiro atoms. The van der Waals surface area contributed by atoms with Gasteiger partial charge in [0.25, 0.3) is 0 Å². The Morgan fingerprint density at radius 1 is 1.54 bits per heavy atom.